The summed E-state index contributed by atoms with van der Waals surface area (Å²) >= 11 is 0. The first kappa shape index (κ1) is 29.8. The van der Waals surface area contributed by atoms with Gasteiger partial charge >= 0.3 is 0 Å². The minimum atomic E-state index is 0.875. The van der Waals surface area contributed by atoms with E-state index in [4.69, 9.17) is 9.97 Å². The Morgan fingerprint density at radius 1 is 0.357 bits per heavy atom. The lowest BCUT2D eigenvalue weighted by molar-refractivity contribution is 1.19. The Kier molecular flexibility index (Phi) is 5.86. The van der Waals surface area contributed by atoms with E-state index in [9.17, 15) is 0 Å². The molecule has 0 aliphatic heterocycles. The van der Waals surface area contributed by atoms with Crippen LogP contribution in [0.3, 0.4) is 0 Å². The van der Waals surface area contributed by atoms with Gasteiger partial charge in [-0.05, 0) is 76.1 Å². The zero-order chi connectivity index (χ0) is 36.5. The van der Waals surface area contributed by atoms with Crippen molar-refractivity contribution in [2.24, 2.45) is 0 Å². The first-order valence-corrected chi connectivity index (χ1v) is 19.2. The Labute approximate surface area is 320 Å². The summed E-state index contributed by atoms with van der Waals surface area (Å²) < 4.78 is 4.98. The van der Waals surface area contributed by atoms with Crippen LogP contribution >= 0.6 is 0 Å². The number of fused-ring (bicyclic) bond motifs is 13. The van der Waals surface area contributed by atoms with Crippen molar-refractivity contribution in [3.8, 4) is 28.2 Å². The lowest BCUT2D eigenvalue weighted by Crippen LogP contribution is -1.98. The van der Waals surface area contributed by atoms with Crippen molar-refractivity contribution in [2.75, 3.05) is 0 Å². The molecule has 4 heterocycles. The Hall–Kier alpha value is -7.56. The first-order chi connectivity index (χ1) is 27.8. The minimum absolute atomic E-state index is 0.875. The van der Waals surface area contributed by atoms with Crippen LogP contribution in [0.2, 0.25) is 0 Å². The van der Waals surface area contributed by atoms with Crippen LogP contribution in [-0.2, 0) is 0 Å². The van der Waals surface area contributed by atoms with Crippen LogP contribution in [-0.4, -0.2) is 18.9 Å². The average molecular weight is 711 g/mol. The molecule has 258 valence electrons. The van der Waals surface area contributed by atoms with Crippen LogP contribution in [0.1, 0.15) is 0 Å². The number of para-hydroxylation sites is 4. The van der Waals surface area contributed by atoms with Crippen molar-refractivity contribution in [2.45, 2.75) is 0 Å². The van der Waals surface area contributed by atoms with Gasteiger partial charge in [0.15, 0.2) is 0 Å². The number of nitrogens with zero attached hydrogens (tertiary/aromatic N) is 4. The molecule has 0 atom stereocenters. The molecular formula is C52H30N4. The molecule has 0 spiro atoms. The molecule has 0 aliphatic carbocycles. The van der Waals surface area contributed by atoms with Crippen LogP contribution in [0.4, 0.5) is 0 Å². The average Bonchev–Trinajstić information content (AvgIpc) is 3.89. The van der Waals surface area contributed by atoms with E-state index in [1.165, 1.54) is 76.1 Å². The van der Waals surface area contributed by atoms with Gasteiger partial charge in [0.25, 0.3) is 0 Å². The van der Waals surface area contributed by atoms with E-state index in [1.54, 1.807) is 0 Å². The normalized spacial score (nSPS) is 12.3. The molecule has 0 aliphatic rings. The molecule has 0 bridgehead atoms. The van der Waals surface area contributed by atoms with Crippen molar-refractivity contribution >= 4 is 92.5 Å². The molecule has 0 unspecified atom stereocenters. The predicted molar refractivity (Wildman–Crippen MR) is 234 cm³/mol. The van der Waals surface area contributed by atoms with Gasteiger partial charge in [-0.25, -0.2) is 9.97 Å². The number of aromatic nitrogens is 4. The summed E-state index contributed by atoms with van der Waals surface area (Å²) in [5.74, 6) is 0. The molecular weight excluding hydrogens is 681 g/mol. The summed E-state index contributed by atoms with van der Waals surface area (Å²) in [5, 5.41) is 12.5. The minimum Gasteiger partial charge on any atom is -0.309 e. The molecule has 56 heavy (non-hydrogen) atoms. The van der Waals surface area contributed by atoms with E-state index in [0.717, 1.165) is 44.6 Å². The van der Waals surface area contributed by atoms with Gasteiger partial charge in [-0.1, -0.05) is 127 Å². The molecule has 0 saturated carbocycles. The third-order valence-electron chi connectivity index (χ3n) is 12.0. The van der Waals surface area contributed by atoms with Crippen LogP contribution in [0.5, 0.6) is 0 Å². The summed E-state index contributed by atoms with van der Waals surface area (Å²) in [5.41, 5.74) is 12.9. The van der Waals surface area contributed by atoms with Gasteiger partial charge in [0.05, 0.1) is 50.0 Å². The number of rotatable bonds is 3. The number of hydrogen-bond donors (Lipinski definition) is 0. The predicted octanol–water partition coefficient (Wildman–Crippen LogP) is 13.5. The molecule has 9 aromatic carbocycles. The largest absolute Gasteiger partial charge is 0.309 e. The molecule has 0 N–H and O–H groups in total. The monoisotopic (exact) mass is 710 g/mol. The molecule has 0 fully saturated rings. The summed E-state index contributed by atoms with van der Waals surface area (Å²) in [6.45, 7) is 0. The smallest absolute Gasteiger partial charge is 0.0979 e. The van der Waals surface area contributed by atoms with E-state index in [1.807, 2.05) is 18.2 Å². The van der Waals surface area contributed by atoms with Crippen molar-refractivity contribution in [1.82, 2.24) is 18.9 Å². The van der Waals surface area contributed by atoms with Crippen molar-refractivity contribution in [1.29, 1.82) is 0 Å². The van der Waals surface area contributed by atoms with Crippen LogP contribution in [0.15, 0.2) is 182 Å². The maximum atomic E-state index is 5.29. The lowest BCUT2D eigenvalue weighted by Gasteiger charge is -2.14. The first-order valence-electron chi connectivity index (χ1n) is 19.2. The fraction of sp³-hybridized carbons (Fsp3) is 0. The van der Waals surface area contributed by atoms with Gasteiger partial charge in [0.1, 0.15) is 0 Å². The summed E-state index contributed by atoms with van der Waals surface area (Å²) in [7, 11) is 0. The molecule has 13 aromatic rings. The third kappa shape index (κ3) is 3.97. The Morgan fingerprint density at radius 3 is 1.73 bits per heavy atom. The van der Waals surface area contributed by atoms with Crippen LogP contribution in [0.25, 0.3) is 121 Å². The molecule has 0 saturated heterocycles. The Bertz CT molecular complexity index is 3750. The highest BCUT2D eigenvalue weighted by Gasteiger charge is 2.25. The maximum Gasteiger partial charge on any atom is 0.0979 e. The maximum absolute atomic E-state index is 5.29. The third-order valence-corrected chi connectivity index (χ3v) is 12.0. The van der Waals surface area contributed by atoms with E-state index in [-0.39, 0.29) is 0 Å². The second-order valence-corrected chi connectivity index (χ2v) is 14.9. The summed E-state index contributed by atoms with van der Waals surface area (Å²) in [6, 6.07) is 65.7. The van der Waals surface area contributed by atoms with Gasteiger partial charge < -0.3 is 8.97 Å². The van der Waals surface area contributed by atoms with E-state index in [2.05, 4.69) is 173 Å². The molecule has 0 amide bonds. The Morgan fingerprint density at radius 2 is 0.946 bits per heavy atom. The van der Waals surface area contributed by atoms with Crippen molar-refractivity contribution < 1.29 is 0 Å². The summed E-state index contributed by atoms with van der Waals surface area (Å²) in [4.78, 5) is 10.6. The zero-order valence-electron chi connectivity index (χ0n) is 30.1. The zero-order valence-corrected chi connectivity index (χ0v) is 30.1. The SMILES string of the molecule is c1ccc2cc3c(cc2c1)c1c2c(cc4c5ccccc5n3c41)c1ccccc1n2-c1ccc(-c2nc3ccccc3nc2-c2cccc3ccccc23)cc1. The van der Waals surface area contributed by atoms with E-state index in [0.29, 0.717) is 0 Å². The lowest BCUT2D eigenvalue weighted by atomic mass is 9.98. The number of benzene rings is 9. The highest BCUT2D eigenvalue weighted by Crippen LogP contribution is 2.47. The fourth-order valence-corrected chi connectivity index (χ4v) is 9.55. The highest BCUT2D eigenvalue weighted by molar-refractivity contribution is 6.35. The van der Waals surface area contributed by atoms with Crippen molar-refractivity contribution in [3.05, 3.63) is 182 Å². The van der Waals surface area contributed by atoms with Crippen LogP contribution in [0, 0.1) is 0 Å². The molecule has 13 rings (SSSR count). The van der Waals surface area contributed by atoms with Gasteiger partial charge in [0.2, 0.25) is 0 Å². The highest BCUT2D eigenvalue weighted by atomic mass is 15.0. The standard InChI is InChI=1S/C52H30N4/c1-2-14-34-29-47-42(28-33(34)13-1)48-51-40(30-41-38-18-6-10-23-46(38)56(47)52(41)48)37-17-5-9-22-45(37)55(51)35-26-24-32(25-27-35)49-50(54-44-21-8-7-20-43(44)53-49)39-19-11-15-31-12-3-4-16-36(31)39/h1-30H. The number of hydrogen-bond acceptors (Lipinski definition) is 2. The van der Waals surface area contributed by atoms with Crippen molar-refractivity contribution in [3.63, 3.8) is 0 Å². The van der Waals surface area contributed by atoms with Gasteiger partial charge in [-0.2, -0.15) is 0 Å². The second-order valence-electron chi connectivity index (χ2n) is 14.9. The van der Waals surface area contributed by atoms with Gasteiger partial charge in [0, 0.05) is 49.1 Å². The van der Waals surface area contributed by atoms with Gasteiger partial charge in [-0.15, -0.1) is 0 Å². The van der Waals surface area contributed by atoms with E-state index < -0.39 is 0 Å². The molecule has 4 aromatic heterocycles. The summed E-state index contributed by atoms with van der Waals surface area (Å²) in [6.07, 6.45) is 0. The molecule has 0 radical (unpaired) electrons. The topological polar surface area (TPSA) is 35.1 Å². The van der Waals surface area contributed by atoms with Crippen LogP contribution < -0.4 is 0 Å². The second kappa shape index (κ2) is 11.0. The van der Waals surface area contributed by atoms with E-state index >= 15 is 0 Å². The quantitative estimate of drug-likeness (QED) is 0.183. The molecule has 4 nitrogen and oxygen atoms in total. The Balaban J connectivity index is 1.11. The van der Waals surface area contributed by atoms with Gasteiger partial charge in [-0.3, -0.25) is 0 Å². The fourth-order valence-electron chi connectivity index (χ4n) is 9.55. The molecule has 4 heteroatoms.